The maximum Gasteiger partial charge on any atom is 0.344 e. The van der Waals surface area contributed by atoms with Gasteiger partial charge >= 0.3 is 5.63 Å². The molecule has 1 heterocycles. The van der Waals surface area contributed by atoms with E-state index in [4.69, 9.17) is 4.42 Å². The number of hydrogen-bond acceptors (Lipinski definition) is 5. The van der Waals surface area contributed by atoms with Crippen molar-refractivity contribution < 1.29 is 9.52 Å². The molecule has 5 nitrogen and oxygen atoms in total. The molecular weight excluding hydrogens is 270 g/mol. The Kier molecular flexibility index (Phi) is 3.02. The summed E-state index contributed by atoms with van der Waals surface area (Å²) in [6.07, 6.45) is 0. The number of aromatic hydroxyl groups is 1. The van der Waals surface area contributed by atoms with Gasteiger partial charge in [0.1, 0.15) is 0 Å². The summed E-state index contributed by atoms with van der Waals surface area (Å²) < 4.78 is 5.15. The molecule has 0 bridgehead atoms. The lowest BCUT2D eigenvalue weighted by atomic mass is 10.0. The highest BCUT2D eigenvalue weighted by molar-refractivity contribution is 5.89. The molecule has 1 N–H and O–H groups in total. The molecule has 0 atom stereocenters. The van der Waals surface area contributed by atoms with Gasteiger partial charge in [0.25, 0.3) is 0 Å². The highest BCUT2D eigenvalue weighted by Gasteiger charge is 2.13. The molecule has 21 heavy (non-hydrogen) atoms. The van der Waals surface area contributed by atoms with E-state index >= 15 is 0 Å². The Labute approximate surface area is 119 Å². The summed E-state index contributed by atoms with van der Waals surface area (Å²) in [4.78, 5) is 22.6. The van der Waals surface area contributed by atoms with Crippen molar-refractivity contribution in [3.8, 4) is 16.9 Å². The monoisotopic (exact) mass is 281 g/mol. The van der Waals surface area contributed by atoms with Gasteiger partial charge in [0.2, 0.25) is 0 Å². The Hall–Kier alpha value is -2.95. The highest BCUT2D eigenvalue weighted by Crippen LogP contribution is 2.34. The number of nitrogens with zero attached hydrogens (tertiary/aromatic N) is 1. The number of fused-ring (bicyclic) bond motifs is 1. The van der Waals surface area contributed by atoms with E-state index in [0.29, 0.717) is 10.9 Å². The molecule has 0 aliphatic carbocycles. The topological polar surface area (TPSA) is 79.9 Å². The number of nitroso groups, excluding NO2 is 1. The van der Waals surface area contributed by atoms with Gasteiger partial charge in [-0.2, -0.15) is 0 Å². The van der Waals surface area contributed by atoms with Gasteiger partial charge in [-0.15, -0.1) is 4.91 Å². The third-order valence-electron chi connectivity index (χ3n) is 3.32. The Morgan fingerprint density at radius 1 is 1.10 bits per heavy atom. The van der Waals surface area contributed by atoms with Crippen LogP contribution in [-0.2, 0) is 0 Å². The molecule has 1 aromatic heterocycles. The van der Waals surface area contributed by atoms with Crippen LogP contribution in [-0.4, -0.2) is 5.11 Å². The minimum absolute atomic E-state index is 0.0343. The molecular formula is C16H11NO4. The zero-order chi connectivity index (χ0) is 15.0. The summed E-state index contributed by atoms with van der Waals surface area (Å²) in [7, 11) is 0. The second kappa shape index (κ2) is 4.86. The molecule has 0 saturated heterocycles. The molecule has 104 valence electrons. The lowest BCUT2D eigenvalue weighted by Crippen LogP contribution is -2.02. The maximum atomic E-state index is 12.1. The molecule has 2 aromatic carbocycles. The zero-order valence-electron chi connectivity index (χ0n) is 11.2. The molecule has 0 fully saturated rings. The van der Waals surface area contributed by atoms with Crippen LogP contribution in [0.2, 0.25) is 0 Å². The molecule has 0 aliphatic heterocycles. The predicted octanol–water partition coefficient (Wildman–Crippen LogP) is 3.87. The van der Waals surface area contributed by atoms with Crippen molar-refractivity contribution in [3.05, 3.63) is 63.4 Å². The Morgan fingerprint density at radius 3 is 2.48 bits per heavy atom. The number of aryl methyl sites for hydroxylation is 1. The molecule has 3 rings (SSSR count). The molecule has 0 saturated carbocycles. The van der Waals surface area contributed by atoms with E-state index in [1.807, 2.05) is 31.2 Å². The largest absolute Gasteiger partial charge is 0.503 e. The number of phenols is 1. The van der Waals surface area contributed by atoms with Crippen molar-refractivity contribution in [3.63, 3.8) is 0 Å². The first kappa shape index (κ1) is 13.1. The fourth-order valence-electron chi connectivity index (χ4n) is 2.17. The smallest absolute Gasteiger partial charge is 0.344 e. The Bertz CT molecular complexity index is 895. The minimum atomic E-state index is -0.579. The summed E-state index contributed by atoms with van der Waals surface area (Å²) in [5.41, 5.74) is 1.44. The van der Waals surface area contributed by atoms with E-state index in [9.17, 15) is 14.8 Å². The average Bonchev–Trinajstić information content (AvgIpc) is 2.49. The molecule has 0 amide bonds. The lowest BCUT2D eigenvalue weighted by Gasteiger charge is -2.05. The highest BCUT2D eigenvalue weighted by atomic mass is 16.4. The first-order valence-corrected chi connectivity index (χ1v) is 6.30. The van der Waals surface area contributed by atoms with Crippen molar-refractivity contribution in [2.24, 2.45) is 5.18 Å². The second-order valence-electron chi connectivity index (χ2n) is 4.76. The normalized spacial score (nSPS) is 10.7. The van der Waals surface area contributed by atoms with Crippen LogP contribution in [0.4, 0.5) is 5.69 Å². The van der Waals surface area contributed by atoms with Gasteiger partial charge < -0.3 is 9.52 Å². The SMILES string of the molecule is Cc1ccc(-c2cc3ccc(N=O)c(O)c3oc2=O)cc1. The van der Waals surface area contributed by atoms with Crippen molar-refractivity contribution >= 4 is 16.7 Å². The van der Waals surface area contributed by atoms with E-state index in [1.165, 1.54) is 6.07 Å². The third-order valence-corrected chi connectivity index (χ3v) is 3.32. The quantitative estimate of drug-likeness (QED) is 0.571. The summed E-state index contributed by atoms with van der Waals surface area (Å²) >= 11 is 0. The molecule has 0 unspecified atom stereocenters. The third kappa shape index (κ3) is 2.18. The van der Waals surface area contributed by atoms with Crippen LogP contribution in [0, 0.1) is 11.8 Å². The van der Waals surface area contributed by atoms with Crippen LogP contribution in [0.3, 0.4) is 0 Å². The van der Waals surface area contributed by atoms with Gasteiger partial charge in [-0.25, -0.2) is 4.79 Å². The van der Waals surface area contributed by atoms with E-state index in [2.05, 4.69) is 5.18 Å². The molecule has 5 heteroatoms. The molecule has 3 aromatic rings. The summed E-state index contributed by atoms with van der Waals surface area (Å²) in [6, 6.07) is 12.0. The van der Waals surface area contributed by atoms with Crippen molar-refractivity contribution in [2.45, 2.75) is 6.92 Å². The van der Waals surface area contributed by atoms with Crippen molar-refractivity contribution in [2.75, 3.05) is 0 Å². The predicted molar refractivity (Wildman–Crippen MR) is 79.8 cm³/mol. The molecule has 0 radical (unpaired) electrons. The van der Waals surface area contributed by atoms with Crippen molar-refractivity contribution in [1.82, 2.24) is 0 Å². The zero-order valence-corrected chi connectivity index (χ0v) is 11.2. The van der Waals surface area contributed by atoms with E-state index < -0.39 is 11.4 Å². The van der Waals surface area contributed by atoms with Crippen LogP contribution in [0.5, 0.6) is 5.75 Å². The van der Waals surface area contributed by atoms with E-state index in [1.54, 1.807) is 12.1 Å². The average molecular weight is 281 g/mol. The van der Waals surface area contributed by atoms with E-state index in [0.717, 1.165) is 11.1 Å². The van der Waals surface area contributed by atoms with E-state index in [-0.39, 0.29) is 11.3 Å². The summed E-state index contributed by atoms with van der Waals surface area (Å²) in [6.45, 7) is 1.96. The molecule has 0 spiro atoms. The van der Waals surface area contributed by atoms with Crippen LogP contribution in [0.1, 0.15) is 5.56 Å². The number of benzene rings is 2. The Morgan fingerprint density at radius 2 is 1.81 bits per heavy atom. The minimum Gasteiger partial charge on any atom is -0.503 e. The van der Waals surface area contributed by atoms with Gasteiger partial charge in [0.05, 0.1) is 5.56 Å². The second-order valence-corrected chi connectivity index (χ2v) is 4.76. The van der Waals surface area contributed by atoms with Crippen LogP contribution in [0.15, 0.2) is 56.9 Å². The first-order valence-electron chi connectivity index (χ1n) is 6.30. The van der Waals surface area contributed by atoms with Gasteiger partial charge in [-0.1, -0.05) is 29.8 Å². The van der Waals surface area contributed by atoms with Crippen LogP contribution < -0.4 is 5.63 Å². The fraction of sp³-hybridized carbons (Fsp3) is 0.0625. The van der Waals surface area contributed by atoms with Crippen LogP contribution in [0.25, 0.3) is 22.1 Å². The van der Waals surface area contributed by atoms with Gasteiger partial charge in [0.15, 0.2) is 17.0 Å². The van der Waals surface area contributed by atoms with Gasteiger partial charge in [-0.3, -0.25) is 0 Å². The standard InChI is InChI=1S/C16H11NO4/c1-9-2-4-10(5-3-9)12-8-11-6-7-13(17-20)14(18)15(11)21-16(12)19/h2-8,18H,1H3. The lowest BCUT2D eigenvalue weighted by molar-refractivity contribution is 0.459. The fourth-order valence-corrected chi connectivity index (χ4v) is 2.17. The number of rotatable bonds is 2. The first-order chi connectivity index (χ1) is 10.1. The van der Waals surface area contributed by atoms with Crippen LogP contribution >= 0.6 is 0 Å². The molecule has 0 aliphatic rings. The number of phenolic OH excluding ortho intramolecular Hbond substituents is 1. The van der Waals surface area contributed by atoms with Gasteiger partial charge in [0, 0.05) is 5.39 Å². The maximum absolute atomic E-state index is 12.1. The number of hydrogen-bond donors (Lipinski definition) is 1. The Balaban J connectivity index is 2.27. The van der Waals surface area contributed by atoms with Crippen molar-refractivity contribution in [1.29, 1.82) is 0 Å². The summed E-state index contributed by atoms with van der Waals surface area (Å²) in [5.74, 6) is -0.421. The van der Waals surface area contributed by atoms with Gasteiger partial charge in [-0.05, 0) is 35.9 Å². The summed E-state index contributed by atoms with van der Waals surface area (Å²) in [5, 5.41) is 13.0.